The van der Waals surface area contributed by atoms with Crippen molar-refractivity contribution in [2.24, 2.45) is 7.05 Å². The average molecular weight is 302 g/mol. The van der Waals surface area contributed by atoms with Crippen LogP contribution >= 0.6 is 15.9 Å². The Morgan fingerprint density at radius 2 is 2.47 bits per heavy atom. The van der Waals surface area contributed by atoms with Crippen LogP contribution in [0.5, 0.6) is 0 Å². The van der Waals surface area contributed by atoms with E-state index in [0.29, 0.717) is 18.8 Å². The summed E-state index contributed by atoms with van der Waals surface area (Å²) in [5, 5.41) is 4.05. The van der Waals surface area contributed by atoms with Crippen LogP contribution in [0, 0.1) is 0 Å². The van der Waals surface area contributed by atoms with E-state index in [2.05, 4.69) is 32.9 Å². The Labute approximate surface area is 109 Å². The van der Waals surface area contributed by atoms with Crippen LogP contribution in [0.3, 0.4) is 0 Å². The molecule has 0 amide bonds. The second-order valence-corrected chi connectivity index (χ2v) is 4.94. The summed E-state index contributed by atoms with van der Waals surface area (Å²) in [6.07, 6.45) is 1.25. The molecule has 1 aromatic rings. The van der Waals surface area contributed by atoms with Gasteiger partial charge in [-0.05, 0) is 22.5 Å². The van der Waals surface area contributed by atoms with Crippen LogP contribution < -0.4 is 0 Å². The van der Waals surface area contributed by atoms with Crippen LogP contribution in [0.15, 0.2) is 10.7 Å². The van der Waals surface area contributed by atoms with Crippen molar-refractivity contribution in [3.63, 3.8) is 0 Å². The number of morpholine rings is 1. The van der Waals surface area contributed by atoms with Crippen LogP contribution in [0.25, 0.3) is 0 Å². The molecule has 2 rings (SSSR count). The number of likely N-dealkylation sites (N-methyl/N-ethyl adjacent to an activating group) is 1. The number of hydrogen-bond donors (Lipinski definition) is 0. The first-order chi connectivity index (χ1) is 8.13. The molecule has 2 heterocycles. The summed E-state index contributed by atoms with van der Waals surface area (Å²) in [6, 6.07) is 0. The summed E-state index contributed by atoms with van der Waals surface area (Å²) in [7, 11) is 1.76. The van der Waals surface area contributed by atoms with Gasteiger partial charge in [-0.15, -0.1) is 0 Å². The molecular formula is C11H16BrN3O2. The van der Waals surface area contributed by atoms with E-state index in [1.54, 1.807) is 17.9 Å². The molecular weight excluding hydrogens is 286 g/mol. The fraction of sp³-hybridized carbons (Fsp3) is 0.636. The monoisotopic (exact) mass is 301 g/mol. The molecule has 0 radical (unpaired) electrons. The molecule has 6 heteroatoms. The number of carbonyl (C=O) groups is 1. The van der Waals surface area contributed by atoms with E-state index in [9.17, 15) is 4.79 Å². The molecule has 0 N–H and O–H groups in total. The second-order valence-electron chi connectivity index (χ2n) is 4.08. The Hall–Kier alpha value is -0.720. The minimum Gasteiger partial charge on any atom is -0.367 e. The lowest BCUT2D eigenvalue weighted by atomic mass is 10.1. The van der Waals surface area contributed by atoms with E-state index in [1.165, 1.54) is 0 Å². The van der Waals surface area contributed by atoms with Crippen molar-refractivity contribution >= 4 is 21.7 Å². The third kappa shape index (κ3) is 2.59. The normalized spacial score (nSPS) is 21.7. The topological polar surface area (TPSA) is 47.4 Å². The van der Waals surface area contributed by atoms with Gasteiger partial charge in [0.05, 0.1) is 17.3 Å². The van der Waals surface area contributed by atoms with Crippen molar-refractivity contribution in [3.05, 3.63) is 16.4 Å². The van der Waals surface area contributed by atoms with Gasteiger partial charge in [-0.25, -0.2) is 0 Å². The highest BCUT2D eigenvalue weighted by Crippen LogP contribution is 2.19. The summed E-state index contributed by atoms with van der Waals surface area (Å²) < 4.78 is 7.86. The Balaban J connectivity index is 2.15. The molecule has 1 unspecified atom stereocenters. The first-order valence-corrected chi connectivity index (χ1v) is 6.48. The number of rotatable bonds is 3. The van der Waals surface area contributed by atoms with Gasteiger partial charge < -0.3 is 4.74 Å². The van der Waals surface area contributed by atoms with Gasteiger partial charge in [-0.3, -0.25) is 14.4 Å². The molecule has 17 heavy (non-hydrogen) atoms. The lowest BCUT2D eigenvalue weighted by Gasteiger charge is -2.31. The third-order valence-corrected chi connectivity index (χ3v) is 3.60. The van der Waals surface area contributed by atoms with Crippen LogP contribution in [-0.4, -0.2) is 52.8 Å². The minimum atomic E-state index is -0.379. The van der Waals surface area contributed by atoms with Gasteiger partial charge in [0.2, 0.25) is 5.78 Å². The predicted molar refractivity (Wildman–Crippen MR) is 67.1 cm³/mol. The van der Waals surface area contributed by atoms with E-state index in [1.807, 2.05) is 0 Å². The van der Waals surface area contributed by atoms with Crippen molar-refractivity contribution in [2.75, 3.05) is 26.2 Å². The fourth-order valence-electron chi connectivity index (χ4n) is 1.99. The highest BCUT2D eigenvalue weighted by atomic mass is 79.9. The van der Waals surface area contributed by atoms with Crippen molar-refractivity contribution in [1.82, 2.24) is 14.7 Å². The quantitative estimate of drug-likeness (QED) is 0.784. The Kier molecular flexibility index (Phi) is 3.96. The number of hydrogen-bond acceptors (Lipinski definition) is 4. The number of carbonyl (C=O) groups excluding carboxylic acids is 1. The molecule has 0 spiro atoms. The van der Waals surface area contributed by atoms with Crippen LogP contribution in [-0.2, 0) is 11.8 Å². The summed E-state index contributed by atoms with van der Waals surface area (Å²) in [5.74, 6) is -0.00461. The molecule has 1 saturated heterocycles. The number of ketones is 1. The third-order valence-electron chi connectivity index (χ3n) is 3.02. The zero-order chi connectivity index (χ0) is 12.4. The van der Waals surface area contributed by atoms with E-state index in [4.69, 9.17) is 4.74 Å². The van der Waals surface area contributed by atoms with Gasteiger partial charge in [0.1, 0.15) is 11.8 Å². The maximum Gasteiger partial charge on any atom is 0.211 e. The van der Waals surface area contributed by atoms with Crippen molar-refractivity contribution < 1.29 is 9.53 Å². The van der Waals surface area contributed by atoms with Crippen molar-refractivity contribution in [3.8, 4) is 0 Å². The van der Waals surface area contributed by atoms with E-state index in [-0.39, 0.29) is 11.9 Å². The largest absolute Gasteiger partial charge is 0.367 e. The number of aromatic nitrogens is 2. The van der Waals surface area contributed by atoms with Gasteiger partial charge in [-0.1, -0.05) is 6.92 Å². The number of aryl methyl sites for hydroxylation is 1. The number of Topliss-reactive ketones (excluding diaryl/α,β-unsaturated/α-hetero) is 1. The molecule has 0 bridgehead atoms. The summed E-state index contributed by atoms with van der Waals surface area (Å²) >= 11 is 3.34. The zero-order valence-electron chi connectivity index (χ0n) is 10.0. The van der Waals surface area contributed by atoms with E-state index < -0.39 is 0 Å². The highest BCUT2D eigenvalue weighted by Gasteiger charge is 2.29. The average Bonchev–Trinajstić information content (AvgIpc) is 2.68. The zero-order valence-corrected chi connectivity index (χ0v) is 11.6. The lowest BCUT2D eigenvalue weighted by molar-refractivity contribution is -0.0153. The van der Waals surface area contributed by atoms with Gasteiger partial charge in [0.15, 0.2) is 0 Å². The number of nitrogens with zero attached hydrogens (tertiary/aromatic N) is 3. The Bertz CT molecular complexity index is 399. The van der Waals surface area contributed by atoms with Crippen LogP contribution in [0.1, 0.15) is 17.4 Å². The van der Waals surface area contributed by atoms with Crippen molar-refractivity contribution in [2.45, 2.75) is 13.0 Å². The summed E-state index contributed by atoms with van der Waals surface area (Å²) in [5.41, 5.74) is 0.577. The number of ether oxygens (including phenoxy) is 1. The molecule has 1 atom stereocenters. The Morgan fingerprint density at radius 1 is 1.71 bits per heavy atom. The molecule has 1 aromatic heterocycles. The van der Waals surface area contributed by atoms with Gasteiger partial charge >= 0.3 is 0 Å². The maximum absolute atomic E-state index is 12.3. The fourth-order valence-corrected chi connectivity index (χ4v) is 2.53. The predicted octanol–water partition coefficient (Wildman–Crippen LogP) is 1.09. The Morgan fingerprint density at radius 3 is 3.06 bits per heavy atom. The van der Waals surface area contributed by atoms with E-state index >= 15 is 0 Å². The van der Waals surface area contributed by atoms with E-state index in [0.717, 1.165) is 17.6 Å². The van der Waals surface area contributed by atoms with Crippen LogP contribution in [0.2, 0.25) is 0 Å². The van der Waals surface area contributed by atoms with Gasteiger partial charge in [0.25, 0.3) is 0 Å². The molecule has 0 aliphatic carbocycles. The maximum atomic E-state index is 12.3. The highest BCUT2D eigenvalue weighted by molar-refractivity contribution is 9.10. The molecule has 0 saturated carbocycles. The minimum absolute atomic E-state index is 0.00461. The molecule has 0 aromatic carbocycles. The van der Waals surface area contributed by atoms with Crippen molar-refractivity contribution in [1.29, 1.82) is 0 Å². The molecule has 1 fully saturated rings. The first-order valence-electron chi connectivity index (χ1n) is 5.69. The molecule has 94 valence electrons. The summed E-state index contributed by atoms with van der Waals surface area (Å²) in [4.78, 5) is 14.5. The van der Waals surface area contributed by atoms with Gasteiger partial charge in [0, 0.05) is 20.1 Å². The standard InChI is InChI=1S/C11H16BrN3O2/c1-3-15-4-5-17-9(7-15)11(16)10-8(12)6-13-14(10)2/h6,9H,3-5,7H2,1-2H3. The first kappa shape index (κ1) is 12.7. The number of halogens is 1. The molecule has 1 aliphatic heterocycles. The lowest BCUT2D eigenvalue weighted by Crippen LogP contribution is -2.46. The molecule has 1 aliphatic rings. The second kappa shape index (κ2) is 5.29. The smallest absolute Gasteiger partial charge is 0.211 e. The summed E-state index contributed by atoms with van der Waals surface area (Å²) in [6.45, 7) is 5.20. The van der Waals surface area contributed by atoms with Gasteiger partial charge in [-0.2, -0.15) is 5.10 Å². The van der Waals surface area contributed by atoms with Crippen LogP contribution in [0.4, 0.5) is 0 Å². The SMILES string of the molecule is CCN1CCOC(C(=O)c2c(Br)cnn2C)C1. The molecule has 5 nitrogen and oxygen atoms in total.